The first-order chi connectivity index (χ1) is 14.8. The zero-order valence-corrected chi connectivity index (χ0v) is 19.9. The van der Waals surface area contributed by atoms with Crippen LogP contribution in [0.15, 0.2) is 24.3 Å². The number of aromatic nitrogens is 3. The molecule has 0 aliphatic carbocycles. The first-order valence-electron chi connectivity index (χ1n) is 10.9. The second-order valence-corrected chi connectivity index (χ2v) is 9.51. The summed E-state index contributed by atoms with van der Waals surface area (Å²) >= 11 is 11.6. The van der Waals surface area contributed by atoms with E-state index < -0.39 is 0 Å². The Kier molecular flexibility index (Phi) is 6.81. The zero-order valence-electron chi connectivity index (χ0n) is 18.3. The standard InChI is InChI=1S/C22H30ClN5O2S/c1-15-12-27(13-16(2)30-15)21(29)18-8-10-26(11-9-18)14-28-22(31)25(3)20(24-28)17-4-6-19(23)7-5-17/h4-7,15-16,18H,8-14H2,1-3H3/t15-,16+. The summed E-state index contributed by atoms with van der Waals surface area (Å²) in [4.78, 5) is 17.3. The van der Waals surface area contributed by atoms with Gasteiger partial charge in [0.15, 0.2) is 10.6 Å². The molecule has 0 bridgehead atoms. The largest absolute Gasteiger partial charge is 0.372 e. The number of carbonyl (C=O) groups excluding carboxylic acids is 1. The van der Waals surface area contributed by atoms with Gasteiger partial charge in [-0.2, -0.15) is 5.10 Å². The average Bonchev–Trinajstić information content (AvgIpc) is 3.02. The van der Waals surface area contributed by atoms with Crippen molar-refractivity contribution in [3.05, 3.63) is 34.1 Å². The second-order valence-electron chi connectivity index (χ2n) is 8.71. The third kappa shape index (κ3) is 5.03. The van der Waals surface area contributed by atoms with Crippen LogP contribution < -0.4 is 0 Å². The minimum atomic E-state index is 0.0927. The highest BCUT2D eigenvalue weighted by Crippen LogP contribution is 2.24. The molecular formula is C22H30ClN5O2S. The highest BCUT2D eigenvalue weighted by molar-refractivity contribution is 7.71. The van der Waals surface area contributed by atoms with Crippen molar-refractivity contribution < 1.29 is 9.53 Å². The lowest BCUT2D eigenvalue weighted by Gasteiger charge is -2.39. The van der Waals surface area contributed by atoms with Gasteiger partial charge in [0.2, 0.25) is 5.91 Å². The number of benzene rings is 1. The summed E-state index contributed by atoms with van der Waals surface area (Å²) in [6.45, 7) is 7.81. The molecule has 0 N–H and O–H groups in total. The van der Waals surface area contributed by atoms with Gasteiger partial charge in [0, 0.05) is 49.7 Å². The van der Waals surface area contributed by atoms with Crippen molar-refractivity contribution in [3.8, 4) is 11.4 Å². The monoisotopic (exact) mass is 463 g/mol. The normalized spacial score (nSPS) is 23.3. The number of morpholine rings is 1. The van der Waals surface area contributed by atoms with Gasteiger partial charge >= 0.3 is 0 Å². The summed E-state index contributed by atoms with van der Waals surface area (Å²) in [5.41, 5.74) is 0.982. The lowest BCUT2D eigenvalue weighted by atomic mass is 9.95. The summed E-state index contributed by atoms with van der Waals surface area (Å²) in [6, 6.07) is 7.62. The number of nitrogens with zero attached hydrogens (tertiary/aromatic N) is 5. The van der Waals surface area contributed by atoms with E-state index >= 15 is 0 Å². The fourth-order valence-electron chi connectivity index (χ4n) is 4.56. The van der Waals surface area contributed by atoms with E-state index in [4.69, 9.17) is 33.7 Å². The van der Waals surface area contributed by atoms with E-state index in [1.54, 1.807) is 0 Å². The summed E-state index contributed by atoms with van der Waals surface area (Å²) < 4.78 is 10.2. The van der Waals surface area contributed by atoms with Crippen molar-refractivity contribution >= 4 is 29.7 Å². The number of rotatable bonds is 4. The number of halogens is 1. The Bertz CT molecular complexity index is 971. The lowest BCUT2D eigenvalue weighted by Crippen LogP contribution is -2.51. The number of amides is 1. The maximum atomic E-state index is 13.0. The number of likely N-dealkylation sites (tertiary alicyclic amines) is 1. The smallest absolute Gasteiger partial charge is 0.225 e. The molecule has 0 radical (unpaired) electrons. The SMILES string of the molecule is C[C@@H]1CN(C(=O)C2CCN(Cn3nc(-c4ccc(Cl)cc4)n(C)c3=S)CC2)C[C@H](C)O1. The molecule has 7 nitrogen and oxygen atoms in total. The Morgan fingerprint density at radius 3 is 2.39 bits per heavy atom. The van der Waals surface area contributed by atoms with Crippen LogP contribution in [0.5, 0.6) is 0 Å². The molecule has 1 aromatic carbocycles. The number of ether oxygens (including phenoxy) is 1. The highest BCUT2D eigenvalue weighted by Gasteiger charge is 2.32. The zero-order chi connectivity index (χ0) is 22.1. The minimum absolute atomic E-state index is 0.0927. The predicted octanol–water partition coefficient (Wildman–Crippen LogP) is 3.58. The highest BCUT2D eigenvalue weighted by atomic mass is 35.5. The van der Waals surface area contributed by atoms with Gasteiger partial charge in [0.1, 0.15) is 0 Å². The average molecular weight is 464 g/mol. The van der Waals surface area contributed by atoms with E-state index in [0.717, 1.165) is 37.3 Å². The van der Waals surface area contributed by atoms with E-state index in [-0.39, 0.29) is 24.0 Å². The quantitative estimate of drug-likeness (QED) is 0.649. The van der Waals surface area contributed by atoms with Crippen molar-refractivity contribution in [1.82, 2.24) is 24.1 Å². The molecule has 168 valence electrons. The summed E-state index contributed by atoms with van der Waals surface area (Å²) in [5, 5.41) is 5.45. The summed E-state index contributed by atoms with van der Waals surface area (Å²) in [7, 11) is 1.94. The Morgan fingerprint density at radius 2 is 1.77 bits per heavy atom. The second kappa shape index (κ2) is 9.40. The van der Waals surface area contributed by atoms with Crippen LogP contribution in [0.4, 0.5) is 0 Å². The van der Waals surface area contributed by atoms with Gasteiger partial charge in [-0.05, 0) is 63.2 Å². The van der Waals surface area contributed by atoms with Crippen LogP contribution in [-0.4, -0.2) is 68.4 Å². The van der Waals surface area contributed by atoms with Gasteiger partial charge in [-0.25, -0.2) is 4.68 Å². The molecule has 2 aliphatic rings. The van der Waals surface area contributed by atoms with Gasteiger partial charge in [-0.3, -0.25) is 9.69 Å². The molecule has 0 unspecified atom stereocenters. The fourth-order valence-corrected chi connectivity index (χ4v) is 4.87. The molecule has 2 atom stereocenters. The molecule has 31 heavy (non-hydrogen) atoms. The first-order valence-corrected chi connectivity index (χ1v) is 11.7. The molecule has 2 aliphatic heterocycles. The lowest BCUT2D eigenvalue weighted by molar-refractivity contribution is -0.149. The van der Waals surface area contributed by atoms with E-state index in [2.05, 4.69) is 4.90 Å². The molecule has 2 aromatic rings. The van der Waals surface area contributed by atoms with Gasteiger partial charge in [0.25, 0.3) is 0 Å². The molecule has 1 aromatic heterocycles. The maximum absolute atomic E-state index is 13.0. The molecular weight excluding hydrogens is 434 g/mol. The van der Waals surface area contributed by atoms with Gasteiger partial charge in [-0.15, -0.1) is 0 Å². The van der Waals surface area contributed by atoms with Crippen molar-refractivity contribution in [3.63, 3.8) is 0 Å². The number of hydrogen-bond donors (Lipinski definition) is 0. The van der Waals surface area contributed by atoms with Crippen LogP contribution in [0.2, 0.25) is 5.02 Å². The Morgan fingerprint density at radius 1 is 1.16 bits per heavy atom. The molecule has 2 saturated heterocycles. The third-order valence-corrected chi connectivity index (χ3v) is 6.88. The van der Waals surface area contributed by atoms with Crippen molar-refractivity contribution in [2.45, 2.75) is 45.6 Å². The topological polar surface area (TPSA) is 55.5 Å². The van der Waals surface area contributed by atoms with Crippen molar-refractivity contribution in [2.75, 3.05) is 26.2 Å². The van der Waals surface area contributed by atoms with Crippen molar-refractivity contribution in [2.24, 2.45) is 13.0 Å². The van der Waals surface area contributed by atoms with E-state index in [1.165, 1.54) is 0 Å². The van der Waals surface area contributed by atoms with E-state index in [9.17, 15) is 4.79 Å². The molecule has 0 spiro atoms. The summed E-state index contributed by atoms with van der Waals surface area (Å²) in [5.74, 6) is 1.19. The molecule has 4 rings (SSSR count). The van der Waals surface area contributed by atoms with E-state index in [1.807, 2.05) is 59.3 Å². The van der Waals surface area contributed by atoms with Gasteiger partial charge in [-0.1, -0.05) is 11.6 Å². The van der Waals surface area contributed by atoms with Crippen molar-refractivity contribution in [1.29, 1.82) is 0 Å². The number of carbonyl (C=O) groups is 1. The number of hydrogen-bond acceptors (Lipinski definition) is 5. The van der Waals surface area contributed by atoms with Gasteiger partial charge < -0.3 is 14.2 Å². The summed E-state index contributed by atoms with van der Waals surface area (Å²) in [6.07, 6.45) is 1.94. The van der Waals surface area contributed by atoms with Gasteiger partial charge in [0.05, 0.1) is 18.9 Å². The van der Waals surface area contributed by atoms with Crippen LogP contribution in [0, 0.1) is 10.7 Å². The predicted molar refractivity (Wildman–Crippen MR) is 123 cm³/mol. The molecule has 3 heterocycles. The molecule has 0 saturated carbocycles. The van der Waals surface area contributed by atoms with Crippen LogP contribution in [0.25, 0.3) is 11.4 Å². The van der Waals surface area contributed by atoms with Crippen LogP contribution in [0.1, 0.15) is 26.7 Å². The Labute approximate surface area is 193 Å². The Balaban J connectivity index is 1.37. The molecule has 9 heteroatoms. The maximum Gasteiger partial charge on any atom is 0.225 e. The van der Waals surface area contributed by atoms with Crippen LogP contribution >= 0.6 is 23.8 Å². The Hall–Kier alpha value is -1.74. The third-order valence-electron chi connectivity index (χ3n) is 6.15. The van der Waals surface area contributed by atoms with E-state index in [0.29, 0.717) is 29.6 Å². The number of piperidine rings is 1. The minimum Gasteiger partial charge on any atom is -0.372 e. The van der Waals surface area contributed by atoms with Crippen LogP contribution in [0.3, 0.4) is 0 Å². The first kappa shape index (κ1) is 22.5. The molecule has 1 amide bonds. The van der Waals surface area contributed by atoms with Crippen LogP contribution in [-0.2, 0) is 23.2 Å². The molecule has 2 fully saturated rings. The fraction of sp³-hybridized carbons (Fsp3) is 0.591.